The lowest BCUT2D eigenvalue weighted by atomic mass is 10.1. The van der Waals surface area contributed by atoms with E-state index in [4.69, 9.17) is 5.84 Å². The van der Waals surface area contributed by atoms with Crippen molar-refractivity contribution < 1.29 is 4.79 Å². The summed E-state index contributed by atoms with van der Waals surface area (Å²) >= 11 is 0. The third-order valence-electron chi connectivity index (χ3n) is 2.68. The Morgan fingerprint density at radius 2 is 2.00 bits per heavy atom. The van der Waals surface area contributed by atoms with Crippen LogP contribution in [0.15, 0.2) is 18.2 Å². The number of nitrogen functional groups attached to an aromatic ring is 1. The third-order valence-corrected chi connectivity index (χ3v) is 2.68. The maximum Gasteiger partial charge on any atom is 0.253 e. The van der Waals surface area contributed by atoms with E-state index >= 15 is 0 Å². The third kappa shape index (κ3) is 2.52. The first-order chi connectivity index (χ1) is 7.63. The molecule has 0 atom stereocenters. The van der Waals surface area contributed by atoms with Gasteiger partial charge in [0.2, 0.25) is 0 Å². The van der Waals surface area contributed by atoms with Crippen LogP contribution in [0.5, 0.6) is 0 Å². The molecule has 4 heteroatoms. The average Bonchev–Trinajstić information content (AvgIpc) is 2.30. The van der Waals surface area contributed by atoms with Gasteiger partial charge in [0.25, 0.3) is 5.91 Å². The van der Waals surface area contributed by atoms with Crippen LogP contribution >= 0.6 is 0 Å². The van der Waals surface area contributed by atoms with Crippen LogP contribution in [-0.2, 0) is 0 Å². The Morgan fingerprint density at radius 1 is 1.38 bits per heavy atom. The van der Waals surface area contributed by atoms with Gasteiger partial charge in [-0.15, -0.1) is 0 Å². The van der Waals surface area contributed by atoms with E-state index in [0.717, 1.165) is 24.3 Å². The molecule has 16 heavy (non-hydrogen) atoms. The molecule has 1 aromatic carbocycles. The van der Waals surface area contributed by atoms with Gasteiger partial charge < -0.3 is 10.3 Å². The van der Waals surface area contributed by atoms with Gasteiger partial charge in [0.15, 0.2) is 0 Å². The molecule has 0 aromatic heterocycles. The largest absolute Gasteiger partial charge is 0.339 e. The fourth-order valence-corrected chi connectivity index (χ4v) is 1.65. The molecule has 0 unspecified atom stereocenters. The minimum atomic E-state index is 0.0664. The van der Waals surface area contributed by atoms with Crippen molar-refractivity contribution in [3.05, 3.63) is 29.3 Å². The first-order valence-electron chi connectivity index (χ1n) is 5.50. The second kappa shape index (κ2) is 5.51. The minimum Gasteiger partial charge on any atom is -0.339 e. The summed E-state index contributed by atoms with van der Waals surface area (Å²) in [6.45, 7) is 7.33. The molecule has 4 nitrogen and oxygen atoms in total. The summed E-state index contributed by atoms with van der Waals surface area (Å²) in [6, 6.07) is 5.48. The second-order valence-corrected chi connectivity index (χ2v) is 3.65. The number of anilines is 1. The van der Waals surface area contributed by atoms with Crippen molar-refractivity contribution in [2.24, 2.45) is 5.84 Å². The van der Waals surface area contributed by atoms with E-state index in [1.54, 1.807) is 11.0 Å². The second-order valence-electron chi connectivity index (χ2n) is 3.65. The molecule has 0 aliphatic carbocycles. The first kappa shape index (κ1) is 12.5. The van der Waals surface area contributed by atoms with Gasteiger partial charge in [-0.1, -0.05) is 0 Å². The lowest BCUT2D eigenvalue weighted by Gasteiger charge is -2.19. The maximum atomic E-state index is 12.0. The maximum absolute atomic E-state index is 12.0. The van der Waals surface area contributed by atoms with Crippen LogP contribution < -0.4 is 11.3 Å². The highest BCUT2D eigenvalue weighted by Crippen LogP contribution is 2.16. The highest BCUT2D eigenvalue weighted by molar-refractivity contribution is 5.94. The number of carbonyl (C=O) groups is 1. The normalized spacial score (nSPS) is 10.0. The van der Waals surface area contributed by atoms with Crippen molar-refractivity contribution in [2.45, 2.75) is 20.8 Å². The van der Waals surface area contributed by atoms with E-state index in [1.807, 2.05) is 32.9 Å². The zero-order chi connectivity index (χ0) is 12.1. The zero-order valence-corrected chi connectivity index (χ0v) is 10.1. The van der Waals surface area contributed by atoms with Crippen molar-refractivity contribution in [3.63, 3.8) is 0 Å². The van der Waals surface area contributed by atoms with E-state index in [-0.39, 0.29) is 5.91 Å². The molecule has 1 aromatic rings. The van der Waals surface area contributed by atoms with Crippen molar-refractivity contribution in [3.8, 4) is 0 Å². The van der Waals surface area contributed by atoms with Crippen LogP contribution in [0.2, 0.25) is 0 Å². The first-order valence-corrected chi connectivity index (χ1v) is 5.50. The molecule has 1 rings (SSSR count). The molecule has 0 heterocycles. The summed E-state index contributed by atoms with van der Waals surface area (Å²) in [5, 5.41) is 0. The molecule has 1 amide bonds. The molecule has 0 saturated heterocycles. The van der Waals surface area contributed by atoms with Gasteiger partial charge in [0.05, 0.1) is 5.69 Å². The Kier molecular flexibility index (Phi) is 4.31. The Balaban J connectivity index is 2.96. The standard InChI is InChI=1S/C12H19N3O/c1-4-15(5-2)12(16)10-6-7-11(14-13)9(3)8-10/h6-8,14H,4-5,13H2,1-3H3. The highest BCUT2D eigenvalue weighted by Gasteiger charge is 2.12. The zero-order valence-electron chi connectivity index (χ0n) is 10.1. The Hall–Kier alpha value is -1.55. The van der Waals surface area contributed by atoms with Gasteiger partial charge in [0, 0.05) is 18.7 Å². The highest BCUT2D eigenvalue weighted by atomic mass is 16.2. The van der Waals surface area contributed by atoms with Crippen molar-refractivity contribution >= 4 is 11.6 Å². The molecule has 0 aliphatic heterocycles. The number of rotatable bonds is 4. The molecule has 0 spiro atoms. The number of amides is 1. The van der Waals surface area contributed by atoms with Crippen molar-refractivity contribution in [2.75, 3.05) is 18.5 Å². The SMILES string of the molecule is CCN(CC)C(=O)c1ccc(NN)c(C)c1. The number of hydrogen-bond donors (Lipinski definition) is 2. The van der Waals surface area contributed by atoms with Crippen LogP contribution in [0.3, 0.4) is 0 Å². The van der Waals surface area contributed by atoms with Gasteiger partial charge in [-0.25, -0.2) is 0 Å². The lowest BCUT2D eigenvalue weighted by molar-refractivity contribution is 0.0773. The predicted octanol–water partition coefficient (Wildman–Crippen LogP) is 1.76. The summed E-state index contributed by atoms with van der Waals surface area (Å²) in [5.74, 6) is 5.41. The Bertz CT molecular complexity index is 373. The van der Waals surface area contributed by atoms with Crippen LogP contribution in [0.4, 0.5) is 5.69 Å². The smallest absolute Gasteiger partial charge is 0.253 e. The quantitative estimate of drug-likeness (QED) is 0.601. The molecule has 0 radical (unpaired) electrons. The lowest BCUT2D eigenvalue weighted by Crippen LogP contribution is -2.30. The molecule has 0 bridgehead atoms. The summed E-state index contributed by atoms with van der Waals surface area (Å²) in [4.78, 5) is 13.8. The fourth-order valence-electron chi connectivity index (χ4n) is 1.65. The van der Waals surface area contributed by atoms with Gasteiger partial charge in [0.1, 0.15) is 0 Å². The van der Waals surface area contributed by atoms with Gasteiger partial charge in [-0.3, -0.25) is 10.6 Å². The van der Waals surface area contributed by atoms with Gasteiger partial charge >= 0.3 is 0 Å². The molecule has 0 fully saturated rings. The van der Waals surface area contributed by atoms with Gasteiger partial charge in [-0.2, -0.15) is 0 Å². The molecule has 0 saturated carbocycles. The van der Waals surface area contributed by atoms with Crippen molar-refractivity contribution in [1.29, 1.82) is 0 Å². The number of nitrogens with zero attached hydrogens (tertiary/aromatic N) is 1. The minimum absolute atomic E-state index is 0.0664. The monoisotopic (exact) mass is 221 g/mol. The summed E-state index contributed by atoms with van der Waals surface area (Å²) in [5.41, 5.74) is 5.12. The van der Waals surface area contributed by atoms with E-state index < -0.39 is 0 Å². The predicted molar refractivity (Wildman–Crippen MR) is 66.2 cm³/mol. The van der Waals surface area contributed by atoms with E-state index in [0.29, 0.717) is 5.56 Å². The molecular weight excluding hydrogens is 202 g/mol. The van der Waals surface area contributed by atoms with Crippen LogP contribution in [0.1, 0.15) is 29.8 Å². The number of aryl methyl sites for hydroxylation is 1. The van der Waals surface area contributed by atoms with Crippen molar-refractivity contribution in [1.82, 2.24) is 4.90 Å². The summed E-state index contributed by atoms with van der Waals surface area (Å²) in [7, 11) is 0. The van der Waals surface area contributed by atoms with E-state index in [9.17, 15) is 4.79 Å². The van der Waals surface area contributed by atoms with E-state index in [2.05, 4.69) is 5.43 Å². The van der Waals surface area contributed by atoms with Gasteiger partial charge in [-0.05, 0) is 44.5 Å². The molecule has 3 N–H and O–H groups in total. The topological polar surface area (TPSA) is 58.4 Å². The van der Waals surface area contributed by atoms with E-state index in [1.165, 1.54) is 0 Å². The summed E-state index contributed by atoms with van der Waals surface area (Å²) < 4.78 is 0. The number of benzene rings is 1. The number of nitrogens with one attached hydrogen (secondary N) is 1. The average molecular weight is 221 g/mol. The van der Waals surface area contributed by atoms with Crippen LogP contribution in [0.25, 0.3) is 0 Å². The summed E-state index contributed by atoms with van der Waals surface area (Å²) in [6.07, 6.45) is 0. The molecule has 88 valence electrons. The fraction of sp³-hybridized carbons (Fsp3) is 0.417. The number of nitrogens with two attached hydrogens (primary N) is 1. The van der Waals surface area contributed by atoms with Crippen LogP contribution in [0, 0.1) is 6.92 Å². The Morgan fingerprint density at radius 3 is 2.44 bits per heavy atom. The number of hydrogen-bond acceptors (Lipinski definition) is 3. The Labute approximate surface area is 96.4 Å². The molecule has 0 aliphatic rings. The number of carbonyl (C=O) groups excluding carboxylic acids is 1. The molecular formula is C12H19N3O. The van der Waals surface area contributed by atoms with Crippen LogP contribution in [-0.4, -0.2) is 23.9 Å². The number of hydrazine groups is 1.